The Morgan fingerprint density at radius 2 is 2.33 bits per heavy atom. The summed E-state index contributed by atoms with van der Waals surface area (Å²) >= 11 is 0. The van der Waals surface area contributed by atoms with Crippen molar-refractivity contribution in [2.24, 2.45) is 4.99 Å². The second-order valence-electron chi connectivity index (χ2n) is 3.74. The van der Waals surface area contributed by atoms with Crippen molar-refractivity contribution in [1.29, 1.82) is 0 Å². The van der Waals surface area contributed by atoms with Crippen molar-refractivity contribution < 1.29 is 9.50 Å². The number of benzene rings is 1. The molecule has 0 radical (unpaired) electrons. The number of halogens is 1. The first-order valence-electron chi connectivity index (χ1n) is 5.22. The van der Waals surface area contributed by atoms with Gasteiger partial charge in [-0.25, -0.2) is 4.39 Å². The Hall–Kier alpha value is -1.22. The van der Waals surface area contributed by atoms with Crippen LogP contribution in [0.3, 0.4) is 0 Å². The van der Waals surface area contributed by atoms with Crippen LogP contribution in [0.15, 0.2) is 23.2 Å². The third-order valence-corrected chi connectivity index (χ3v) is 2.70. The molecule has 2 nitrogen and oxygen atoms in total. The zero-order valence-electron chi connectivity index (χ0n) is 8.49. The van der Waals surface area contributed by atoms with E-state index in [4.69, 9.17) is 5.11 Å². The molecule has 0 fully saturated rings. The van der Waals surface area contributed by atoms with Crippen LogP contribution in [0.1, 0.15) is 30.0 Å². The van der Waals surface area contributed by atoms with Gasteiger partial charge in [0.1, 0.15) is 5.82 Å². The van der Waals surface area contributed by atoms with Gasteiger partial charge in [0.05, 0.1) is 6.04 Å². The Labute approximate surface area is 88.5 Å². The fraction of sp³-hybridized carbons (Fsp3) is 0.417. The third-order valence-electron chi connectivity index (χ3n) is 2.70. The van der Waals surface area contributed by atoms with Gasteiger partial charge < -0.3 is 5.11 Å². The van der Waals surface area contributed by atoms with E-state index >= 15 is 0 Å². The Morgan fingerprint density at radius 1 is 1.47 bits per heavy atom. The lowest BCUT2D eigenvalue weighted by Gasteiger charge is -2.12. The maximum Gasteiger partial charge on any atom is 0.123 e. The van der Waals surface area contributed by atoms with Crippen LogP contribution in [-0.4, -0.2) is 17.9 Å². The van der Waals surface area contributed by atoms with Crippen molar-refractivity contribution in [1.82, 2.24) is 0 Å². The standard InChI is InChI=1S/C12H14FNO/c13-10-4-3-9(5-7-15)11(8-10)12-2-1-6-14-12/h3-4,6,8,12,15H,1-2,5,7H2/t12-/m1/s1. The highest BCUT2D eigenvalue weighted by Gasteiger charge is 2.17. The molecule has 1 aliphatic rings. The van der Waals surface area contributed by atoms with Crippen LogP contribution in [0, 0.1) is 5.82 Å². The first kappa shape index (κ1) is 10.3. The zero-order chi connectivity index (χ0) is 10.7. The van der Waals surface area contributed by atoms with E-state index in [-0.39, 0.29) is 18.5 Å². The van der Waals surface area contributed by atoms with Crippen LogP contribution < -0.4 is 0 Å². The van der Waals surface area contributed by atoms with E-state index < -0.39 is 0 Å². The number of aliphatic hydroxyl groups is 1. The minimum absolute atomic E-state index is 0.0854. The van der Waals surface area contributed by atoms with Crippen LogP contribution in [0.25, 0.3) is 0 Å². The fourth-order valence-corrected chi connectivity index (χ4v) is 1.97. The summed E-state index contributed by atoms with van der Waals surface area (Å²) < 4.78 is 13.1. The van der Waals surface area contributed by atoms with E-state index in [9.17, 15) is 4.39 Å². The molecular formula is C12H14FNO. The second-order valence-corrected chi connectivity index (χ2v) is 3.74. The minimum Gasteiger partial charge on any atom is -0.396 e. The summed E-state index contributed by atoms with van der Waals surface area (Å²) in [6.07, 6.45) is 4.36. The molecule has 2 rings (SSSR count). The first-order chi connectivity index (χ1) is 7.31. The van der Waals surface area contributed by atoms with Crippen molar-refractivity contribution in [3.05, 3.63) is 35.1 Å². The van der Waals surface area contributed by atoms with Crippen molar-refractivity contribution in [3.63, 3.8) is 0 Å². The molecule has 3 heteroatoms. The molecule has 15 heavy (non-hydrogen) atoms. The Bertz CT molecular complexity index is 376. The highest BCUT2D eigenvalue weighted by molar-refractivity contribution is 5.60. The smallest absolute Gasteiger partial charge is 0.123 e. The predicted octanol–water partition coefficient (Wildman–Crippen LogP) is 2.27. The molecule has 0 unspecified atom stereocenters. The fourth-order valence-electron chi connectivity index (χ4n) is 1.97. The summed E-state index contributed by atoms with van der Waals surface area (Å²) in [7, 11) is 0. The van der Waals surface area contributed by atoms with E-state index in [1.807, 2.05) is 6.21 Å². The van der Waals surface area contributed by atoms with Gasteiger partial charge in [0.25, 0.3) is 0 Å². The van der Waals surface area contributed by atoms with Gasteiger partial charge in [0.15, 0.2) is 0 Å². The number of hydrogen-bond donors (Lipinski definition) is 1. The number of aliphatic imine (C=N–C) groups is 1. The number of rotatable bonds is 3. The average Bonchev–Trinajstić information content (AvgIpc) is 2.74. The number of nitrogens with zero attached hydrogens (tertiary/aromatic N) is 1. The second kappa shape index (κ2) is 4.53. The van der Waals surface area contributed by atoms with Crippen LogP contribution in [0.5, 0.6) is 0 Å². The van der Waals surface area contributed by atoms with Gasteiger partial charge in [-0.1, -0.05) is 6.07 Å². The molecule has 1 aromatic rings. The summed E-state index contributed by atoms with van der Waals surface area (Å²) in [5.41, 5.74) is 1.93. The van der Waals surface area contributed by atoms with E-state index in [2.05, 4.69) is 4.99 Å². The maximum atomic E-state index is 13.1. The molecular weight excluding hydrogens is 193 g/mol. The lowest BCUT2D eigenvalue weighted by molar-refractivity contribution is 0.299. The van der Waals surface area contributed by atoms with Gasteiger partial charge in [-0.3, -0.25) is 4.99 Å². The SMILES string of the molecule is OCCc1ccc(F)cc1[C@H]1CCC=N1. The molecule has 1 atom stereocenters. The first-order valence-corrected chi connectivity index (χ1v) is 5.22. The van der Waals surface area contributed by atoms with Gasteiger partial charge in [-0.15, -0.1) is 0 Å². The Kier molecular flexibility index (Phi) is 3.11. The molecule has 0 saturated heterocycles. The van der Waals surface area contributed by atoms with Crippen molar-refractivity contribution in [2.45, 2.75) is 25.3 Å². The molecule has 1 heterocycles. The lowest BCUT2D eigenvalue weighted by Crippen LogP contribution is -2.01. The molecule has 0 aromatic heterocycles. The summed E-state index contributed by atoms with van der Waals surface area (Å²) in [5.74, 6) is -0.228. The molecule has 1 aliphatic heterocycles. The number of hydrogen-bond acceptors (Lipinski definition) is 2. The van der Waals surface area contributed by atoms with E-state index in [1.165, 1.54) is 6.07 Å². The Morgan fingerprint density at radius 3 is 3.00 bits per heavy atom. The quantitative estimate of drug-likeness (QED) is 0.810. The van der Waals surface area contributed by atoms with E-state index in [1.54, 1.807) is 12.1 Å². The molecule has 0 spiro atoms. The summed E-state index contributed by atoms with van der Waals surface area (Å²) in [6, 6.07) is 4.81. The van der Waals surface area contributed by atoms with Gasteiger partial charge in [0.2, 0.25) is 0 Å². The van der Waals surface area contributed by atoms with Crippen molar-refractivity contribution in [3.8, 4) is 0 Å². The van der Waals surface area contributed by atoms with E-state index in [0.29, 0.717) is 6.42 Å². The van der Waals surface area contributed by atoms with E-state index in [0.717, 1.165) is 24.0 Å². The topological polar surface area (TPSA) is 32.6 Å². The van der Waals surface area contributed by atoms with Crippen LogP contribution >= 0.6 is 0 Å². The molecule has 0 aliphatic carbocycles. The maximum absolute atomic E-state index is 13.1. The monoisotopic (exact) mass is 207 g/mol. The van der Waals surface area contributed by atoms with Gasteiger partial charge in [0, 0.05) is 6.61 Å². The summed E-state index contributed by atoms with van der Waals surface area (Å²) in [6.45, 7) is 0.0923. The predicted molar refractivity (Wildman–Crippen MR) is 57.7 cm³/mol. The Balaban J connectivity index is 2.33. The summed E-state index contributed by atoms with van der Waals surface area (Å²) in [4.78, 5) is 4.32. The lowest BCUT2D eigenvalue weighted by atomic mass is 9.97. The minimum atomic E-state index is -0.228. The summed E-state index contributed by atoms with van der Waals surface area (Å²) in [5, 5.41) is 8.92. The van der Waals surface area contributed by atoms with Gasteiger partial charge >= 0.3 is 0 Å². The molecule has 80 valence electrons. The highest BCUT2D eigenvalue weighted by Crippen LogP contribution is 2.29. The number of aliphatic hydroxyl groups excluding tert-OH is 1. The van der Waals surface area contributed by atoms with Gasteiger partial charge in [-0.05, 0) is 48.7 Å². The molecule has 1 N–H and O–H groups in total. The highest BCUT2D eigenvalue weighted by atomic mass is 19.1. The molecule has 0 saturated carbocycles. The van der Waals surface area contributed by atoms with Crippen LogP contribution in [0.4, 0.5) is 4.39 Å². The van der Waals surface area contributed by atoms with Crippen molar-refractivity contribution in [2.75, 3.05) is 6.61 Å². The molecule has 0 amide bonds. The van der Waals surface area contributed by atoms with Gasteiger partial charge in [-0.2, -0.15) is 0 Å². The zero-order valence-corrected chi connectivity index (χ0v) is 8.49. The van der Waals surface area contributed by atoms with Crippen LogP contribution in [-0.2, 0) is 6.42 Å². The van der Waals surface area contributed by atoms with Crippen LogP contribution in [0.2, 0.25) is 0 Å². The van der Waals surface area contributed by atoms with Crippen molar-refractivity contribution >= 4 is 6.21 Å². The third kappa shape index (κ3) is 2.23. The largest absolute Gasteiger partial charge is 0.396 e. The molecule has 1 aromatic carbocycles. The average molecular weight is 207 g/mol. The normalized spacial score (nSPS) is 19.7. The molecule has 0 bridgehead atoms.